The monoisotopic (exact) mass is 464 g/mol. The molecule has 0 radical (unpaired) electrons. The molecule has 2 aromatic rings. The Morgan fingerprint density at radius 3 is 2.28 bits per heavy atom. The van der Waals surface area contributed by atoms with Crippen LogP contribution in [-0.4, -0.2) is 51.0 Å². The predicted octanol–water partition coefficient (Wildman–Crippen LogP) is 3.35. The smallest absolute Gasteiger partial charge is 0.261 e. The molecule has 0 unspecified atom stereocenters. The molecule has 1 amide bonds. The van der Waals surface area contributed by atoms with Crippen LogP contribution in [0.25, 0.3) is 0 Å². The molecule has 1 aliphatic heterocycles. The number of nitrogens with zero attached hydrogens (tertiary/aromatic N) is 1. The van der Waals surface area contributed by atoms with Crippen molar-refractivity contribution in [3.05, 3.63) is 54.3 Å². The second kappa shape index (κ2) is 11.3. The average molecular weight is 465 g/mol. The number of piperidine rings is 1. The number of hydrogen-bond donors (Lipinski definition) is 1. The van der Waals surface area contributed by atoms with Gasteiger partial charge in [0.05, 0.1) is 11.4 Å². The van der Waals surface area contributed by atoms with Crippen LogP contribution in [-0.2, 0) is 14.8 Å². The minimum absolute atomic E-state index is 0.219. The molecule has 0 bridgehead atoms. The molecule has 0 aromatic heterocycles. The lowest BCUT2D eigenvalue weighted by atomic mass is 10.2. The molecule has 1 aliphatic rings. The Morgan fingerprint density at radius 2 is 1.66 bits per heavy atom. The zero-order chi connectivity index (χ0) is 23.0. The van der Waals surface area contributed by atoms with Gasteiger partial charge in [-0.1, -0.05) is 13.3 Å². The summed E-state index contributed by atoms with van der Waals surface area (Å²) in [6.45, 7) is 3.42. The van der Waals surface area contributed by atoms with Crippen molar-refractivity contribution in [3.63, 3.8) is 0 Å². The number of nitrogens with one attached hydrogen (secondary N) is 1. The molecular formula is C23H29FN2O5S. The van der Waals surface area contributed by atoms with E-state index < -0.39 is 16.1 Å². The summed E-state index contributed by atoms with van der Waals surface area (Å²) < 4.78 is 51.1. The van der Waals surface area contributed by atoms with Gasteiger partial charge in [0.25, 0.3) is 5.91 Å². The van der Waals surface area contributed by atoms with Crippen molar-refractivity contribution in [1.82, 2.24) is 9.62 Å². The van der Waals surface area contributed by atoms with E-state index in [2.05, 4.69) is 5.32 Å². The van der Waals surface area contributed by atoms with E-state index in [4.69, 9.17) is 9.47 Å². The summed E-state index contributed by atoms with van der Waals surface area (Å²) in [6, 6.07) is 11.8. The van der Waals surface area contributed by atoms with Crippen LogP contribution in [0.3, 0.4) is 0 Å². The summed E-state index contributed by atoms with van der Waals surface area (Å²) in [7, 11) is -3.47. The lowest BCUT2D eigenvalue weighted by Gasteiger charge is -2.25. The second-order valence-electron chi connectivity index (χ2n) is 7.54. The molecule has 7 nitrogen and oxygen atoms in total. The maximum Gasteiger partial charge on any atom is 0.261 e. The van der Waals surface area contributed by atoms with Crippen LogP contribution in [0.1, 0.15) is 32.6 Å². The van der Waals surface area contributed by atoms with Gasteiger partial charge in [0.1, 0.15) is 23.9 Å². The molecule has 2 aromatic carbocycles. The van der Waals surface area contributed by atoms with E-state index in [1.165, 1.54) is 28.6 Å². The van der Waals surface area contributed by atoms with Crippen LogP contribution < -0.4 is 14.8 Å². The fourth-order valence-corrected chi connectivity index (χ4v) is 4.94. The number of carbonyl (C=O) groups is 1. The van der Waals surface area contributed by atoms with E-state index in [0.29, 0.717) is 31.0 Å². The summed E-state index contributed by atoms with van der Waals surface area (Å²) in [5.41, 5.74) is 0. The highest BCUT2D eigenvalue weighted by atomic mass is 32.2. The second-order valence-corrected chi connectivity index (χ2v) is 9.48. The van der Waals surface area contributed by atoms with E-state index in [9.17, 15) is 17.6 Å². The Labute approximate surface area is 188 Å². The van der Waals surface area contributed by atoms with Gasteiger partial charge in [-0.2, -0.15) is 4.31 Å². The zero-order valence-electron chi connectivity index (χ0n) is 18.1. The van der Waals surface area contributed by atoms with Gasteiger partial charge >= 0.3 is 0 Å². The Morgan fingerprint density at radius 1 is 1.03 bits per heavy atom. The Hall–Kier alpha value is -2.65. The van der Waals surface area contributed by atoms with Gasteiger partial charge in [0.15, 0.2) is 6.10 Å². The first-order valence-electron chi connectivity index (χ1n) is 10.8. The Bertz CT molecular complexity index is 974. The molecule has 1 fully saturated rings. The number of amides is 1. The third kappa shape index (κ3) is 6.43. The molecular weight excluding hydrogens is 435 g/mol. The number of sulfonamides is 1. The van der Waals surface area contributed by atoms with E-state index in [0.717, 1.165) is 19.3 Å². The fourth-order valence-electron chi connectivity index (χ4n) is 3.42. The maximum atomic E-state index is 13.0. The van der Waals surface area contributed by atoms with Crippen LogP contribution in [0.2, 0.25) is 0 Å². The van der Waals surface area contributed by atoms with Crippen molar-refractivity contribution in [1.29, 1.82) is 0 Å². The van der Waals surface area contributed by atoms with Crippen LogP contribution in [0.5, 0.6) is 11.5 Å². The van der Waals surface area contributed by atoms with Crippen LogP contribution >= 0.6 is 0 Å². The normalized spacial score (nSPS) is 15.7. The van der Waals surface area contributed by atoms with Gasteiger partial charge < -0.3 is 14.8 Å². The number of hydrogen-bond acceptors (Lipinski definition) is 5. The first kappa shape index (κ1) is 24.0. The molecule has 0 aliphatic carbocycles. The summed E-state index contributed by atoms with van der Waals surface area (Å²) in [6.07, 6.45) is 2.60. The summed E-state index contributed by atoms with van der Waals surface area (Å²) in [5, 5.41) is 2.75. The molecule has 0 spiro atoms. The summed E-state index contributed by atoms with van der Waals surface area (Å²) in [5.74, 6) is 0.281. The van der Waals surface area contributed by atoms with Crippen molar-refractivity contribution in [2.24, 2.45) is 0 Å². The number of halogens is 1. The lowest BCUT2D eigenvalue weighted by molar-refractivity contribution is -0.128. The molecule has 1 atom stereocenters. The van der Waals surface area contributed by atoms with E-state index in [-0.39, 0.29) is 29.8 Å². The molecule has 9 heteroatoms. The summed E-state index contributed by atoms with van der Waals surface area (Å²) in [4.78, 5) is 12.6. The van der Waals surface area contributed by atoms with Gasteiger partial charge in [-0.25, -0.2) is 12.8 Å². The highest BCUT2D eigenvalue weighted by Crippen LogP contribution is 2.22. The zero-order valence-corrected chi connectivity index (χ0v) is 18.9. The molecule has 0 saturated carbocycles. The SMILES string of the molecule is CC[C@H](Oc1ccc(F)cc1)C(=O)NCCOc1ccc(S(=O)(=O)N2CCCCC2)cc1. The molecule has 1 saturated heterocycles. The average Bonchev–Trinajstić information content (AvgIpc) is 2.82. The van der Waals surface area contributed by atoms with Gasteiger partial charge in [-0.05, 0) is 67.8 Å². The van der Waals surface area contributed by atoms with E-state index in [1.54, 1.807) is 24.3 Å². The van der Waals surface area contributed by atoms with Gasteiger partial charge in [-0.3, -0.25) is 4.79 Å². The van der Waals surface area contributed by atoms with E-state index >= 15 is 0 Å². The van der Waals surface area contributed by atoms with Crippen LogP contribution in [0, 0.1) is 5.82 Å². The predicted molar refractivity (Wildman–Crippen MR) is 119 cm³/mol. The minimum atomic E-state index is -3.47. The quantitative estimate of drug-likeness (QED) is 0.545. The van der Waals surface area contributed by atoms with E-state index in [1.807, 2.05) is 6.92 Å². The molecule has 1 N–H and O–H groups in total. The van der Waals surface area contributed by atoms with Gasteiger partial charge in [0, 0.05) is 13.1 Å². The number of benzene rings is 2. The number of rotatable bonds is 10. The van der Waals surface area contributed by atoms with Crippen molar-refractivity contribution in [3.8, 4) is 11.5 Å². The highest BCUT2D eigenvalue weighted by Gasteiger charge is 2.25. The fraction of sp³-hybridized carbons (Fsp3) is 0.435. The van der Waals surface area contributed by atoms with Crippen LogP contribution in [0.4, 0.5) is 4.39 Å². The first-order chi connectivity index (χ1) is 15.4. The van der Waals surface area contributed by atoms with Crippen molar-refractivity contribution >= 4 is 15.9 Å². The third-order valence-electron chi connectivity index (χ3n) is 5.20. The third-order valence-corrected chi connectivity index (χ3v) is 7.11. The minimum Gasteiger partial charge on any atom is -0.492 e. The number of ether oxygens (including phenoxy) is 2. The topological polar surface area (TPSA) is 84.9 Å². The molecule has 1 heterocycles. The number of carbonyl (C=O) groups excluding carboxylic acids is 1. The first-order valence-corrected chi connectivity index (χ1v) is 12.3. The Kier molecular flexibility index (Phi) is 8.46. The largest absolute Gasteiger partial charge is 0.492 e. The van der Waals surface area contributed by atoms with Crippen LogP contribution in [0.15, 0.2) is 53.4 Å². The van der Waals surface area contributed by atoms with Gasteiger partial charge in [0.2, 0.25) is 10.0 Å². The molecule has 3 rings (SSSR count). The summed E-state index contributed by atoms with van der Waals surface area (Å²) >= 11 is 0. The molecule has 32 heavy (non-hydrogen) atoms. The standard InChI is InChI=1S/C23H29FN2O5S/c1-2-22(31-20-8-6-18(24)7-9-20)23(27)25-14-17-30-19-10-12-21(13-11-19)32(28,29)26-15-4-3-5-16-26/h6-13,22H,2-5,14-17H2,1H3,(H,25,27)/t22-/m0/s1. The van der Waals surface area contributed by atoms with Crippen molar-refractivity contribution < 1.29 is 27.1 Å². The van der Waals surface area contributed by atoms with Crippen molar-refractivity contribution in [2.45, 2.75) is 43.6 Å². The lowest BCUT2D eigenvalue weighted by Crippen LogP contribution is -2.39. The maximum absolute atomic E-state index is 13.0. The Balaban J connectivity index is 1.44. The molecule has 174 valence electrons. The highest BCUT2D eigenvalue weighted by molar-refractivity contribution is 7.89. The van der Waals surface area contributed by atoms with Gasteiger partial charge in [-0.15, -0.1) is 0 Å². The van der Waals surface area contributed by atoms with Crippen molar-refractivity contribution in [2.75, 3.05) is 26.2 Å².